The molecule has 0 unspecified atom stereocenters. The number of pyridine rings is 1. The summed E-state index contributed by atoms with van der Waals surface area (Å²) in [5.41, 5.74) is 2.00. The number of aromatic nitrogens is 2. The van der Waals surface area contributed by atoms with Gasteiger partial charge in [0, 0.05) is 50.0 Å². The van der Waals surface area contributed by atoms with E-state index >= 15 is 0 Å². The molecular formula is C21H28FIN6. The number of rotatable bonds is 9. The standard InChI is InChI=1S/C21H27FN6.HI/c1-23-21(26-12-5-4-11-25-20-6-2-3-10-24-20)27-13-9-16-15-28-19-14-17(22)7-8-18(16)19;/h2-3,6-8,10,14-15,28H,4-5,9,11-13H2,1H3,(H,24,25)(H2,23,26,27);1H. The average Bonchev–Trinajstić information content (AvgIpc) is 3.12. The van der Waals surface area contributed by atoms with Gasteiger partial charge in [0.05, 0.1) is 0 Å². The Balaban J connectivity index is 0.00000300. The number of H-pyrrole nitrogens is 1. The molecule has 0 saturated heterocycles. The maximum Gasteiger partial charge on any atom is 0.190 e. The summed E-state index contributed by atoms with van der Waals surface area (Å²) in [6, 6.07) is 10.7. The zero-order valence-electron chi connectivity index (χ0n) is 16.5. The van der Waals surface area contributed by atoms with Crippen molar-refractivity contribution >= 4 is 46.7 Å². The Labute approximate surface area is 187 Å². The highest BCUT2D eigenvalue weighted by Crippen LogP contribution is 2.19. The maximum absolute atomic E-state index is 13.3. The molecule has 29 heavy (non-hydrogen) atoms. The van der Waals surface area contributed by atoms with Gasteiger partial charge in [-0.3, -0.25) is 4.99 Å². The summed E-state index contributed by atoms with van der Waals surface area (Å²) in [6.45, 7) is 2.51. The van der Waals surface area contributed by atoms with E-state index in [1.54, 1.807) is 13.2 Å². The summed E-state index contributed by atoms with van der Waals surface area (Å²) in [5, 5.41) is 11.0. The molecule has 1 aromatic carbocycles. The molecule has 0 bridgehead atoms. The van der Waals surface area contributed by atoms with Crippen molar-refractivity contribution in [1.82, 2.24) is 20.6 Å². The van der Waals surface area contributed by atoms with Crippen LogP contribution in [0.1, 0.15) is 18.4 Å². The SMILES string of the molecule is CN=C(NCCCCNc1ccccn1)NCCc1c[nH]c2cc(F)ccc12.I. The highest BCUT2D eigenvalue weighted by Gasteiger charge is 2.05. The van der Waals surface area contributed by atoms with Crippen molar-refractivity contribution < 1.29 is 4.39 Å². The number of aromatic amines is 1. The van der Waals surface area contributed by atoms with Gasteiger partial charge in [0.25, 0.3) is 0 Å². The van der Waals surface area contributed by atoms with Crippen LogP contribution in [0.2, 0.25) is 0 Å². The van der Waals surface area contributed by atoms with E-state index in [-0.39, 0.29) is 29.8 Å². The number of hydrogen-bond acceptors (Lipinski definition) is 3. The zero-order chi connectivity index (χ0) is 19.6. The molecular weight excluding hydrogens is 482 g/mol. The maximum atomic E-state index is 13.3. The topological polar surface area (TPSA) is 77.1 Å². The molecule has 4 N–H and O–H groups in total. The molecule has 6 nitrogen and oxygen atoms in total. The number of anilines is 1. The Morgan fingerprint density at radius 3 is 2.72 bits per heavy atom. The number of unbranched alkanes of at least 4 members (excludes halogenated alkanes) is 1. The van der Waals surface area contributed by atoms with Crippen LogP contribution in [0.3, 0.4) is 0 Å². The van der Waals surface area contributed by atoms with Crippen molar-refractivity contribution in [2.75, 3.05) is 32.0 Å². The summed E-state index contributed by atoms with van der Waals surface area (Å²) in [4.78, 5) is 11.6. The van der Waals surface area contributed by atoms with E-state index in [1.165, 1.54) is 17.7 Å². The summed E-state index contributed by atoms with van der Waals surface area (Å²) >= 11 is 0. The molecule has 3 aromatic rings. The van der Waals surface area contributed by atoms with Gasteiger partial charge in [0.1, 0.15) is 11.6 Å². The van der Waals surface area contributed by atoms with Gasteiger partial charge in [-0.1, -0.05) is 6.07 Å². The number of nitrogens with one attached hydrogen (secondary N) is 4. The molecule has 0 saturated carbocycles. The van der Waals surface area contributed by atoms with Crippen LogP contribution < -0.4 is 16.0 Å². The van der Waals surface area contributed by atoms with Crippen molar-refractivity contribution in [2.24, 2.45) is 4.99 Å². The van der Waals surface area contributed by atoms with Crippen molar-refractivity contribution in [1.29, 1.82) is 0 Å². The molecule has 0 atom stereocenters. The molecule has 0 aliphatic carbocycles. The third-order valence-electron chi connectivity index (χ3n) is 4.51. The van der Waals surface area contributed by atoms with Crippen LogP contribution in [0.15, 0.2) is 53.8 Å². The minimum atomic E-state index is -0.223. The number of halogens is 2. The Bertz CT molecular complexity index is 897. The van der Waals surface area contributed by atoms with Gasteiger partial charge in [-0.15, -0.1) is 24.0 Å². The smallest absolute Gasteiger partial charge is 0.190 e. The molecule has 0 fully saturated rings. The van der Waals surface area contributed by atoms with E-state index in [9.17, 15) is 4.39 Å². The minimum Gasteiger partial charge on any atom is -0.370 e. The van der Waals surface area contributed by atoms with Crippen LogP contribution >= 0.6 is 24.0 Å². The molecule has 0 radical (unpaired) electrons. The van der Waals surface area contributed by atoms with Crippen LogP contribution in [0.4, 0.5) is 10.2 Å². The van der Waals surface area contributed by atoms with Crippen molar-refractivity contribution in [3.8, 4) is 0 Å². The Hall–Kier alpha value is -2.36. The Morgan fingerprint density at radius 1 is 1.10 bits per heavy atom. The monoisotopic (exact) mass is 510 g/mol. The van der Waals surface area contributed by atoms with Crippen LogP contribution in [0.25, 0.3) is 10.9 Å². The first-order chi connectivity index (χ1) is 13.8. The third kappa shape index (κ3) is 7.19. The average molecular weight is 510 g/mol. The highest BCUT2D eigenvalue weighted by atomic mass is 127. The first kappa shape index (κ1) is 22.9. The van der Waals surface area contributed by atoms with Gasteiger partial charge in [-0.25, -0.2) is 9.37 Å². The van der Waals surface area contributed by atoms with Gasteiger partial charge >= 0.3 is 0 Å². The quantitative estimate of drug-likeness (QED) is 0.152. The van der Waals surface area contributed by atoms with Gasteiger partial charge in [0.15, 0.2) is 5.96 Å². The molecule has 0 amide bonds. The van der Waals surface area contributed by atoms with Gasteiger partial charge in [0.2, 0.25) is 0 Å². The lowest BCUT2D eigenvalue weighted by molar-refractivity contribution is 0.629. The first-order valence-electron chi connectivity index (χ1n) is 9.61. The molecule has 0 spiro atoms. The van der Waals surface area contributed by atoms with Gasteiger partial charge < -0.3 is 20.9 Å². The molecule has 2 aromatic heterocycles. The molecule has 0 aliphatic heterocycles. The Kier molecular flexibility index (Phi) is 9.69. The van der Waals surface area contributed by atoms with Crippen LogP contribution in [0.5, 0.6) is 0 Å². The Morgan fingerprint density at radius 2 is 1.93 bits per heavy atom. The summed E-state index contributed by atoms with van der Waals surface area (Å²) in [6.07, 6.45) is 6.64. The van der Waals surface area contributed by atoms with Crippen molar-refractivity contribution in [3.05, 3.63) is 60.2 Å². The van der Waals surface area contributed by atoms with Gasteiger partial charge in [-0.2, -0.15) is 0 Å². The molecule has 156 valence electrons. The normalized spacial score (nSPS) is 11.2. The largest absolute Gasteiger partial charge is 0.370 e. The lowest BCUT2D eigenvalue weighted by Gasteiger charge is -2.12. The van der Waals surface area contributed by atoms with Crippen LogP contribution in [-0.4, -0.2) is 42.6 Å². The van der Waals surface area contributed by atoms with Crippen LogP contribution in [0, 0.1) is 5.82 Å². The van der Waals surface area contributed by atoms with E-state index in [0.717, 1.165) is 61.6 Å². The molecule has 8 heteroatoms. The summed E-state index contributed by atoms with van der Waals surface area (Å²) in [7, 11) is 1.77. The third-order valence-corrected chi connectivity index (χ3v) is 4.51. The molecule has 2 heterocycles. The van der Waals surface area contributed by atoms with Crippen molar-refractivity contribution in [3.63, 3.8) is 0 Å². The number of aliphatic imine (C=N–C) groups is 1. The predicted molar refractivity (Wildman–Crippen MR) is 129 cm³/mol. The molecule has 0 aliphatic rings. The number of hydrogen-bond donors (Lipinski definition) is 4. The number of guanidine groups is 1. The second-order valence-electron chi connectivity index (χ2n) is 6.53. The first-order valence-corrected chi connectivity index (χ1v) is 9.61. The molecule has 3 rings (SSSR count). The second kappa shape index (κ2) is 12.3. The van der Waals surface area contributed by atoms with Gasteiger partial charge in [-0.05, 0) is 55.2 Å². The van der Waals surface area contributed by atoms with E-state index in [0.29, 0.717) is 0 Å². The van der Waals surface area contributed by atoms with E-state index < -0.39 is 0 Å². The van der Waals surface area contributed by atoms with E-state index in [2.05, 4.69) is 30.9 Å². The highest BCUT2D eigenvalue weighted by molar-refractivity contribution is 14.0. The van der Waals surface area contributed by atoms with E-state index in [4.69, 9.17) is 0 Å². The number of nitrogens with zero attached hydrogens (tertiary/aromatic N) is 2. The predicted octanol–water partition coefficient (Wildman–Crippen LogP) is 3.92. The van der Waals surface area contributed by atoms with Crippen molar-refractivity contribution in [2.45, 2.75) is 19.3 Å². The number of benzene rings is 1. The lowest BCUT2D eigenvalue weighted by Crippen LogP contribution is -2.38. The summed E-state index contributed by atoms with van der Waals surface area (Å²) in [5.74, 6) is 1.48. The van der Waals surface area contributed by atoms with Crippen LogP contribution in [-0.2, 0) is 6.42 Å². The minimum absolute atomic E-state index is 0. The lowest BCUT2D eigenvalue weighted by atomic mass is 10.1. The fourth-order valence-electron chi connectivity index (χ4n) is 3.04. The second-order valence-corrected chi connectivity index (χ2v) is 6.53. The zero-order valence-corrected chi connectivity index (χ0v) is 18.9. The number of fused-ring (bicyclic) bond motifs is 1. The fourth-order valence-corrected chi connectivity index (χ4v) is 3.04. The van der Waals surface area contributed by atoms with E-state index in [1.807, 2.05) is 30.5 Å². The fraction of sp³-hybridized carbons (Fsp3) is 0.333. The summed E-state index contributed by atoms with van der Waals surface area (Å²) < 4.78 is 13.3.